The largest absolute Gasteiger partial charge is 0.462 e. The molecule has 0 amide bonds. The topological polar surface area (TPSA) is 78.9 Å². The summed E-state index contributed by atoms with van der Waals surface area (Å²) in [6.07, 6.45) is 82.9. The zero-order valence-electron chi connectivity index (χ0n) is 48.6. The van der Waals surface area contributed by atoms with Gasteiger partial charge in [0.2, 0.25) is 0 Å². The van der Waals surface area contributed by atoms with Crippen LogP contribution in [0.4, 0.5) is 0 Å². The molecule has 0 saturated heterocycles. The van der Waals surface area contributed by atoms with Gasteiger partial charge in [-0.05, 0) is 96.3 Å². The first-order valence-corrected chi connectivity index (χ1v) is 31.2. The van der Waals surface area contributed by atoms with Gasteiger partial charge in [-0.2, -0.15) is 0 Å². The van der Waals surface area contributed by atoms with Gasteiger partial charge in [-0.15, -0.1) is 0 Å². The summed E-state index contributed by atoms with van der Waals surface area (Å²) in [5.74, 6) is -0.953. The summed E-state index contributed by atoms with van der Waals surface area (Å²) in [5.41, 5.74) is 0. The van der Waals surface area contributed by atoms with Gasteiger partial charge < -0.3 is 14.2 Å². The van der Waals surface area contributed by atoms with Crippen LogP contribution in [0.5, 0.6) is 0 Å². The maximum Gasteiger partial charge on any atom is 0.306 e. The molecule has 0 aromatic heterocycles. The molecule has 0 radical (unpaired) electrons. The number of carbonyl (C=O) groups is 3. The van der Waals surface area contributed by atoms with Crippen LogP contribution in [0.1, 0.15) is 297 Å². The Hall–Kier alpha value is -3.67. The summed E-state index contributed by atoms with van der Waals surface area (Å²) >= 11 is 0. The molecule has 0 rings (SSSR count). The molecule has 1 atom stereocenters. The van der Waals surface area contributed by atoms with Gasteiger partial charge in [0.15, 0.2) is 6.10 Å². The molecule has 0 aliphatic carbocycles. The fourth-order valence-corrected chi connectivity index (χ4v) is 8.66. The molecule has 0 bridgehead atoms. The zero-order chi connectivity index (χ0) is 53.6. The predicted octanol–water partition coefficient (Wildman–Crippen LogP) is 21.3. The van der Waals surface area contributed by atoms with Crippen molar-refractivity contribution in [2.45, 2.75) is 303 Å². The van der Waals surface area contributed by atoms with E-state index >= 15 is 0 Å². The van der Waals surface area contributed by atoms with E-state index in [1.807, 2.05) is 0 Å². The van der Waals surface area contributed by atoms with E-state index in [2.05, 4.69) is 118 Å². The van der Waals surface area contributed by atoms with Crippen molar-refractivity contribution in [3.63, 3.8) is 0 Å². The Morgan fingerprint density at radius 2 is 0.541 bits per heavy atom. The van der Waals surface area contributed by atoms with Crippen molar-refractivity contribution in [3.8, 4) is 0 Å². The van der Waals surface area contributed by atoms with E-state index < -0.39 is 6.10 Å². The molecule has 0 aliphatic heterocycles. The third kappa shape index (κ3) is 59.2. The van der Waals surface area contributed by atoms with E-state index in [1.54, 1.807) is 0 Å². The van der Waals surface area contributed by atoms with Crippen molar-refractivity contribution in [2.24, 2.45) is 0 Å². The van der Waals surface area contributed by atoms with Crippen LogP contribution in [0.2, 0.25) is 0 Å². The third-order valence-electron chi connectivity index (χ3n) is 13.3. The second-order valence-corrected chi connectivity index (χ2v) is 20.6. The minimum Gasteiger partial charge on any atom is -0.462 e. The first-order chi connectivity index (χ1) is 36.5. The van der Waals surface area contributed by atoms with Crippen LogP contribution in [-0.4, -0.2) is 37.2 Å². The molecule has 1 unspecified atom stereocenters. The van der Waals surface area contributed by atoms with Gasteiger partial charge in [-0.1, -0.05) is 279 Å². The second-order valence-electron chi connectivity index (χ2n) is 20.6. The number of carbonyl (C=O) groups excluding carboxylic acids is 3. The lowest BCUT2D eigenvalue weighted by Gasteiger charge is -2.18. The van der Waals surface area contributed by atoms with Gasteiger partial charge in [-0.3, -0.25) is 14.4 Å². The minimum atomic E-state index is -0.806. The highest BCUT2D eigenvalue weighted by Gasteiger charge is 2.19. The Morgan fingerprint density at radius 3 is 0.865 bits per heavy atom. The number of allylic oxidation sites excluding steroid dienone is 16. The number of hydrogen-bond acceptors (Lipinski definition) is 6. The standard InChI is InChI=1S/C68H116O6/c1-4-7-10-13-16-19-22-24-26-28-29-30-31-32-33-34-35-36-37-38-39-41-42-44-46-49-52-55-58-61-67(70)73-64-65(63-72-66(69)60-57-54-51-48-21-18-15-12-9-6-3)74-68(71)62-59-56-53-50-47-45-43-40-27-25-23-20-17-14-11-8-5-2/h8,11,17,20,22,24-25,27-29,31-32,43,45,50,53,65H,4-7,9-10,12-16,18-19,21,23,26,30,33-42,44,46-49,51-52,54-64H2,1-3H3/b11-8-,20-17-,24-22-,27-25-,29-28-,32-31-,45-43-,53-50-. The highest BCUT2D eigenvalue weighted by Crippen LogP contribution is 2.16. The smallest absolute Gasteiger partial charge is 0.306 e. The Balaban J connectivity index is 4.24. The molecule has 74 heavy (non-hydrogen) atoms. The van der Waals surface area contributed by atoms with Gasteiger partial charge >= 0.3 is 17.9 Å². The summed E-state index contributed by atoms with van der Waals surface area (Å²) in [7, 11) is 0. The lowest BCUT2D eigenvalue weighted by Crippen LogP contribution is -2.30. The van der Waals surface area contributed by atoms with Crippen LogP contribution in [0.3, 0.4) is 0 Å². The van der Waals surface area contributed by atoms with Gasteiger partial charge in [0, 0.05) is 19.3 Å². The number of ether oxygens (including phenoxy) is 3. The molecular formula is C68H116O6. The number of esters is 3. The van der Waals surface area contributed by atoms with E-state index in [9.17, 15) is 14.4 Å². The fourth-order valence-electron chi connectivity index (χ4n) is 8.66. The maximum absolute atomic E-state index is 12.8. The molecular weight excluding hydrogens is 913 g/mol. The highest BCUT2D eigenvalue weighted by atomic mass is 16.6. The van der Waals surface area contributed by atoms with E-state index in [4.69, 9.17) is 14.2 Å². The second kappa shape index (κ2) is 61.9. The van der Waals surface area contributed by atoms with Gasteiger partial charge in [0.1, 0.15) is 13.2 Å². The summed E-state index contributed by atoms with van der Waals surface area (Å²) in [4.78, 5) is 38.1. The first-order valence-electron chi connectivity index (χ1n) is 31.2. The third-order valence-corrected chi connectivity index (χ3v) is 13.3. The fraction of sp³-hybridized carbons (Fsp3) is 0.721. The minimum absolute atomic E-state index is 0.0980. The van der Waals surface area contributed by atoms with Crippen LogP contribution in [0.25, 0.3) is 0 Å². The van der Waals surface area contributed by atoms with E-state index in [0.717, 1.165) is 89.9 Å². The Kier molecular flexibility index (Phi) is 58.8. The van der Waals surface area contributed by atoms with Gasteiger partial charge in [-0.25, -0.2) is 0 Å². The highest BCUT2D eigenvalue weighted by molar-refractivity contribution is 5.71. The Labute approximate surface area is 457 Å². The van der Waals surface area contributed by atoms with E-state index in [1.165, 1.54) is 161 Å². The maximum atomic E-state index is 12.8. The molecule has 424 valence electrons. The van der Waals surface area contributed by atoms with Crippen LogP contribution < -0.4 is 0 Å². The predicted molar refractivity (Wildman–Crippen MR) is 320 cm³/mol. The average molecular weight is 1030 g/mol. The molecule has 0 saturated carbocycles. The zero-order valence-corrected chi connectivity index (χ0v) is 48.6. The molecule has 0 aromatic rings. The monoisotopic (exact) mass is 1030 g/mol. The van der Waals surface area contributed by atoms with Crippen molar-refractivity contribution < 1.29 is 28.6 Å². The average Bonchev–Trinajstić information content (AvgIpc) is 3.40. The normalized spacial score (nSPS) is 12.7. The molecule has 0 N–H and O–H groups in total. The Morgan fingerprint density at radius 1 is 0.284 bits per heavy atom. The van der Waals surface area contributed by atoms with Crippen molar-refractivity contribution in [3.05, 3.63) is 97.2 Å². The molecule has 0 spiro atoms. The lowest BCUT2D eigenvalue weighted by atomic mass is 10.0. The van der Waals surface area contributed by atoms with Gasteiger partial charge in [0.05, 0.1) is 0 Å². The van der Waals surface area contributed by atoms with E-state index in [-0.39, 0.29) is 37.5 Å². The van der Waals surface area contributed by atoms with Crippen molar-refractivity contribution in [1.82, 2.24) is 0 Å². The van der Waals surface area contributed by atoms with Crippen molar-refractivity contribution >= 4 is 17.9 Å². The number of hydrogen-bond donors (Lipinski definition) is 0. The van der Waals surface area contributed by atoms with Crippen molar-refractivity contribution in [2.75, 3.05) is 13.2 Å². The Bertz CT molecular complexity index is 1460. The summed E-state index contributed by atoms with van der Waals surface area (Å²) < 4.78 is 16.8. The first kappa shape index (κ1) is 70.3. The van der Waals surface area contributed by atoms with Gasteiger partial charge in [0.25, 0.3) is 0 Å². The summed E-state index contributed by atoms with van der Waals surface area (Å²) in [5, 5.41) is 0. The van der Waals surface area contributed by atoms with Crippen LogP contribution >= 0.6 is 0 Å². The number of rotatable bonds is 56. The van der Waals surface area contributed by atoms with Crippen LogP contribution in [0.15, 0.2) is 97.2 Å². The molecule has 6 heteroatoms. The molecule has 0 fully saturated rings. The van der Waals surface area contributed by atoms with Crippen LogP contribution in [0, 0.1) is 0 Å². The van der Waals surface area contributed by atoms with Crippen molar-refractivity contribution in [1.29, 1.82) is 0 Å². The molecule has 6 nitrogen and oxygen atoms in total. The summed E-state index contributed by atoms with van der Waals surface area (Å²) in [6.45, 7) is 6.47. The molecule has 0 aromatic carbocycles. The quantitative estimate of drug-likeness (QED) is 0.0261. The van der Waals surface area contributed by atoms with E-state index in [0.29, 0.717) is 19.3 Å². The van der Waals surface area contributed by atoms with Crippen LogP contribution in [-0.2, 0) is 28.6 Å². The lowest BCUT2D eigenvalue weighted by molar-refractivity contribution is -0.167. The molecule has 0 heterocycles. The molecule has 0 aliphatic rings. The number of unbranched alkanes of at least 4 members (excludes halogenated alkanes) is 29. The SMILES string of the molecule is CC/C=C\C/C=C\C/C=C\C/C=C\C/C=C\CCCC(=O)OC(COC(=O)CCCCCCCCCCCC)COC(=O)CCCCCCCCCCCCCCCC/C=C\C/C=C\C/C=C\CCCCCCC. The summed E-state index contributed by atoms with van der Waals surface area (Å²) in [6, 6.07) is 0.